The minimum absolute atomic E-state index is 0.0668. The second-order valence-electron chi connectivity index (χ2n) is 28.4. The van der Waals surface area contributed by atoms with E-state index in [1.807, 2.05) is 14.7 Å². The molecule has 0 unspecified atom stereocenters. The quantitative estimate of drug-likeness (QED) is 0.0199. The summed E-state index contributed by atoms with van der Waals surface area (Å²) in [6.45, 7) is 12.0. The summed E-state index contributed by atoms with van der Waals surface area (Å²) < 4.78 is 32.3. The van der Waals surface area contributed by atoms with Crippen LogP contribution in [0.25, 0.3) is 0 Å². The number of carbonyl (C=O) groups is 21. The summed E-state index contributed by atoms with van der Waals surface area (Å²) in [7, 11) is 3.70. The number of rotatable bonds is 47. The highest BCUT2D eigenvalue weighted by Crippen LogP contribution is 2.16. The van der Waals surface area contributed by atoms with Gasteiger partial charge in [0.1, 0.15) is 13.2 Å². The van der Waals surface area contributed by atoms with E-state index in [1.54, 1.807) is 19.6 Å². The number of nitrogens with zero attached hydrogens (tertiary/aromatic N) is 7. The Balaban J connectivity index is 0.000000743. The first-order chi connectivity index (χ1) is 60.8. The van der Waals surface area contributed by atoms with Crippen molar-refractivity contribution in [2.24, 2.45) is 0 Å². The van der Waals surface area contributed by atoms with E-state index in [9.17, 15) is 101 Å². The highest BCUT2D eigenvalue weighted by atomic mass is 16.6. The molecule has 42 heteroatoms. The first-order valence-electron chi connectivity index (χ1n) is 42.1. The van der Waals surface area contributed by atoms with E-state index >= 15 is 0 Å². The Kier molecular flexibility index (Phi) is 62.1. The minimum atomic E-state index is -1.20. The number of methoxy groups -OCH3 is 3. The maximum absolute atomic E-state index is 11.4. The number of esters is 7. The van der Waals surface area contributed by atoms with Gasteiger partial charge in [0.15, 0.2) is 0 Å². The number of carboxylic acid groups (broad SMARTS) is 4. The zero-order chi connectivity index (χ0) is 94.4. The SMILES string of the molecule is COC(=O)C=CC(=O)NCCN1CCCC1=O.COC(=O)C=CC(=O)OCCCCCCN1CCCC1=O.COC(=O)C=CC(=O)OCCN1CCCC1=O.O=C(O)C=CC(=O)NCCCCCCN1CCCC1=O.O=C(O)C=CC(=O)NCCN1CCCC1=O.O=C(O)C=CC(=O)OCCCCCCN1CCCC1=O.O=C(O)C=CC(=O)OCCN1CCCC1=O. The molecule has 0 bridgehead atoms. The highest BCUT2D eigenvalue weighted by Gasteiger charge is 2.25. The molecule has 7 saturated heterocycles. The molecule has 7 N–H and O–H groups in total. The summed E-state index contributed by atoms with van der Waals surface area (Å²) in [5.41, 5.74) is 0. The molecule has 0 radical (unpaired) electrons. The van der Waals surface area contributed by atoms with Crippen LogP contribution in [0, 0.1) is 0 Å². The fourth-order valence-corrected chi connectivity index (χ4v) is 12.1. The van der Waals surface area contributed by atoms with Crippen LogP contribution < -0.4 is 16.0 Å². The van der Waals surface area contributed by atoms with Crippen molar-refractivity contribution in [2.75, 3.05) is 159 Å². The molecule has 0 aromatic heterocycles. The fraction of sp³-hybridized carbons (Fsp3) is 0.588. The van der Waals surface area contributed by atoms with E-state index in [-0.39, 0.29) is 66.4 Å². The predicted octanol–water partition coefficient (Wildman–Crippen LogP) is 2.21. The van der Waals surface area contributed by atoms with Crippen molar-refractivity contribution in [3.05, 3.63) is 85.1 Å². The molecule has 127 heavy (non-hydrogen) atoms. The monoisotopic (exact) mass is 1800 g/mol. The Morgan fingerprint density at radius 1 is 0.244 bits per heavy atom. The minimum Gasteiger partial charge on any atom is -0.478 e. The average Bonchev–Trinajstić information content (AvgIpc) is 1.89. The molecule has 0 aliphatic carbocycles. The summed E-state index contributed by atoms with van der Waals surface area (Å²) in [5, 5.41) is 40.9. The largest absolute Gasteiger partial charge is 0.478 e. The van der Waals surface area contributed by atoms with Gasteiger partial charge < -0.3 is 104 Å². The number of unbranched alkanes of at least 4 members (excludes halogenated alkanes) is 9. The van der Waals surface area contributed by atoms with Gasteiger partial charge in [-0.1, -0.05) is 25.7 Å². The summed E-state index contributed by atoms with van der Waals surface area (Å²) >= 11 is 0. The number of aliphatic carboxylic acids is 4. The standard InChI is InChI=1S/C15H23NO5.C14H22N2O4.C14H21NO5.C11H16N2O4.C11H15NO5.C10H14N2O4.C10H13NO5/c1-20-14(18)8-9-15(19)21-12-5-3-2-4-10-16-11-6-7-13(16)17;17-12(7-8-14(19)20)15-9-3-1-2-4-10-16-11-5-6-13(16)18;16-12-6-5-10-15(12)9-3-1-2-4-11-20-14(19)8-7-13(17)18;1-17-11(16)5-4-9(14)12-6-8-13-7-2-3-10(13)15;1-16-10(14)4-5-11(15)17-8-7-12-6-2-3-9(12)13;13-8(3-4-10(15)16)11-5-7-12-6-1-2-9(12)14;12-8-2-1-5-11(8)6-7-16-10(15)4-3-9(13)14/h8-9H,2-7,10-12H2,1H3;7-8H,1-6,9-11H2,(H,15,17)(H,19,20);7-8H,1-6,9-11H2,(H,17,18);4-5H,2-3,6-8H2,1H3,(H,12,14);4-5H,2-3,6-8H2,1H3;3-4H,1-2,5-7H2,(H,11,13)(H,15,16);3-4H,1-2,5-7H2,(H,13,14). The van der Waals surface area contributed by atoms with Gasteiger partial charge in [0.05, 0.1) is 47.6 Å². The van der Waals surface area contributed by atoms with E-state index in [1.165, 1.54) is 21.3 Å². The van der Waals surface area contributed by atoms with Crippen LogP contribution in [0.3, 0.4) is 0 Å². The summed E-state index contributed by atoms with van der Waals surface area (Å²) in [4.78, 5) is 242. The van der Waals surface area contributed by atoms with Crippen molar-refractivity contribution in [3.63, 3.8) is 0 Å². The summed E-state index contributed by atoms with van der Waals surface area (Å²) in [6, 6.07) is 0. The van der Waals surface area contributed by atoms with Gasteiger partial charge in [0.2, 0.25) is 59.1 Å². The Bertz CT molecular complexity index is 3610. The first kappa shape index (κ1) is 112. The van der Waals surface area contributed by atoms with E-state index in [0.717, 1.165) is 253 Å². The molecule has 7 aliphatic rings. The lowest BCUT2D eigenvalue weighted by atomic mass is 10.2. The van der Waals surface area contributed by atoms with E-state index < -0.39 is 71.6 Å². The van der Waals surface area contributed by atoms with Gasteiger partial charge in [-0.25, -0.2) is 52.7 Å². The third-order valence-electron chi connectivity index (χ3n) is 18.7. The number of hydrogen-bond donors (Lipinski definition) is 7. The Morgan fingerprint density at radius 2 is 0.449 bits per heavy atom. The third-order valence-corrected chi connectivity index (χ3v) is 18.7. The van der Waals surface area contributed by atoms with Gasteiger partial charge in [-0.15, -0.1) is 0 Å². The number of nitrogens with one attached hydrogen (secondary N) is 3. The fourth-order valence-electron chi connectivity index (χ4n) is 12.1. The summed E-state index contributed by atoms with van der Waals surface area (Å²) in [5.74, 6) is -8.97. The Labute approximate surface area is 737 Å². The molecule has 0 aromatic carbocycles. The molecule has 42 nitrogen and oxygen atoms in total. The van der Waals surface area contributed by atoms with Crippen LogP contribution in [0.1, 0.15) is 167 Å². The first-order valence-corrected chi connectivity index (χ1v) is 42.1. The summed E-state index contributed by atoms with van der Waals surface area (Å²) in [6.07, 6.45) is 35.0. The molecular weight excluding hydrogens is 1670 g/mol. The normalized spacial score (nSPS) is 15.2. The highest BCUT2D eigenvalue weighted by molar-refractivity contribution is 5.97. The van der Waals surface area contributed by atoms with Gasteiger partial charge in [-0.05, 0) is 96.3 Å². The van der Waals surface area contributed by atoms with Crippen molar-refractivity contribution in [1.82, 2.24) is 50.2 Å². The van der Waals surface area contributed by atoms with Crippen molar-refractivity contribution in [1.29, 1.82) is 0 Å². The van der Waals surface area contributed by atoms with Crippen LogP contribution in [0.5, 0.6) is 0 Å². The van der Waals surface area contributed by atoms with Crippen LogP contribution in [0.2, 0.25) is 0 Å². The molecule has 7 fully saturated rings. The van der Waals surface area contributed by atoms with Crippen LogP contribution in [0.15, 0.2) is 85.1 Å². The Morgan fingerprint density at radius 3 is 0.709 bits per heavy atom. The molecule has 0 atom stereocenters. The molecule has 0 aromatic rings. The zero-order valence-electron chi connectivity index (χ0n) is 72.7. The number of ether oxygens (including phenoxy) is 7. The second-order valence-corrected chi connectivity index (χ2v) is 28.4. The van der Waals surface area contributed by atoms with Gasteiger partial charge >= 0.3 is 65.7 Å². The molecular formula is C85H124N10O32. The van der Waals surface area contributed by atoms with E-state index in [0.29, 0.717) is 123 Å². The maximum atomic E-state index is 11.4. The lowest BCUT2D eigenvalue weighted by Gasteiger charge is -2.14. The zero-order valence-corrected chi connectivity index (χ0v) is 72.7. The molecule has 706 valence electrons. The van der Waals surface area contributed by atoms with Gasteiger partial charge in [0.25, 0.3) is 0 Å². The van der Waals surface area contributed by atoms with Gasteiger partial charge in [-0.2, -0.15) is 0 Å². The van der Waals surface area contributed by atoms with Gasteiger partial charge in [0, 0.05) is 228 Å². The molecule has 7 heterocycles. The number of likely N-dealkylation sites (tertiary alicyclic amines) is 7. The van der Waals surface area contributed by atoms with Crippen LogP contribution >= 0.6 is 0 Å². The lowest BCUT2D eigenvalue weighted by molar-refractivity contribution is -0.140. The van der Waals surface area contributed by atoms with E-state index in [4.69, 9.17) is 39.4 Å². The van der Waals surface area contributed by atoms with Gasteiger partial charge in [-0.3, -0.25) is 47.9 Å². The third kappa shape index (κ3) is 60.3. The molecule has 7 aliphatic heterocycles. The molecule has 0 spiro atoms. The second kappa shape index (κ2) is 70.3. The smallest absolute Gasteiger partial charge is 0.331 e. The maximum Gasteiger partial charge on any atom is 0.331 e. The van der Waals surface area contributed by atoms with Crippen molar-refractivity contribution in [3.8, 4) is 0 Å². The predicted molar refractivity (Wildman–Crippen MR) is 450 cm³/mol. The Hall–Kier alpha value is -13.0. The number of amides is 10. The number of hydrogen-bond acceptors (Lipinski definition) is 28. The topological polar surface area (TPSA) is 563 Å². The van der Waals surface area contributed by atoms with E-state index in [2.05, 4.69) is 30.2 Å². The molecule has 7 rings (SSSR count). The van der Waals surface area contributed by atoms with Crippen LogP contribution in [-0.2, 0) is 134 Å². The molecule has 10 amide bonds. The van der Waals surface area contributed by atoms with Crippen molar-refractivity contribution >= 4 is 125 Å². The number of carboxylic acids is 4. The molecule has 0 saturated carbocycles. The van der Waals surface area contributed by atoms with Crippen LogP contribution in [-0.4, -0.2) is 338 Å². The lowest BCUT2D eigenvalue weighted by Crippen LogP contribution is -2.34. The average molecular weight is 1800 g/mol. The van der Waals surface area contributed by atoms with Crippen molar-refractivity contribution < 1.29 is 154 Å². The van der Waals surface area contributed by atoms with Crippen molar-refractivity contribution in [2.45, 2.75) is 167 Å². The van der Waals surface area contributed by atoms with Crippen LogP contribution in [0.4, 0.5) is 0 Å². The number of carbonyl (C=O) groups excluding carboxylic acids is 17.